The van der Waals surface area contributed by atoms with Gasteiger partial charge in [0.2, 0.25) is 0 Å². The zero-order valence-corrected chi connectivity index (χ0v) is 17.7. The minimum atomic E-state index is -0.419. The van der Waals surface area contributed by atoms with Gasteiger partial charge in [0.1, 0.15) is 23.7 Å². The molecule has 2 aromatic carbocycles. The molecule has 0 unspecified atom stereocenters. The third kappa shape index (κ3) is 8.56. The second kappa shape index (κ2) is 14.0. The second-order valence-corrected chi connectivity index (χ2v) is 6.99. The van der Waals surface area contributed by atoms with Crippen molar-refractivity contribution >= 4 is 5.97 Å². The van der Waals surface area contributed by atoms with Crippen LogP contribution < -0.4 is 9.47 Å². The van der Waals surface area contributed by atoms with E-state index in [1.165, 1.54) is 0 Å². The molecule has 160 valence electrons. The van der Waals surface area contributed by atoms with Crippen molar-refractivity contribution in [2.45, 2.75) is 45.1 Å². The van der Waals surface area contributed by atoms with Crippen molar-refractivity contribution in [3.63, 3.8) is 0 Å². The number of ether oxygens (including phenoxy) is 3. The van der Waals surface area contributed by atoms with Gasteiger partial charge in [-0.3, -0.25) is 0 Å². The van der Waals surface area contributed by atoms with Gasteiger partial charge < -0.3 is 14.2 Å². The summed E-state index contributed by atoms with van der Waals surface area (Å²) >= 11 is 0. The summed E-state index contributed by atoms with van der Waals surface area (Å²) in [7, 11) is 0. The van der Waals surface area contributed by atoms with Gasteiger partial charge in [0.25, 0.3) is 0 Å². The van der Waals surface area contributed by atoms with Crippen LogP contribution in [-0.4, -0.2) is 19.2 Å². The van der Waals surface area contributed by atoms with Gasteiger partial charge in [-0.25, -0.2) is 4.79 Å². The summed E-state index contributed by atoms with van der Waals surface area (Å²) < 4.78 is 17.2. The van der Waals surface area contributed by atoms with Crippen molar-refractivity contribution in [2.24, 2.45) is 0 Å². The summed E-state index contributed by atoms with van der Waals surface area (Å²) in [6.07, 6.45) is 9.58. The molecule has 0 aliphatic carbocycles. The number of esters is 1. The molecule has 30 heavy (non-hydrogen) atoms. The average Bonchev–Trinajstić information content (AvgIpc) is 2.78. The van der Waals surface area contributed by atoms with E-state index in [0.29, 0.717) is 30.3 Å². The number of benzene rings is 2. The Hall–Kier alpha value is -3.01. The summed E-state index contributed by atoms with van der Waals surface area (Å²) in [6.45, 7) is 8.80. The molecule has 2 aromatic rings. The lowest BCUT2D eigenvalue weighted by Crippen LogP contribution is -2.10. The predicted molar refractivity (Wildman–Crippen MR) is 121 cm³/mol. The Morgan fingerprint density at radius 3 is 2.17 bits per heavy atom. The molecular formula is C26H32O4. The highest BCUT2D eigenvalue weighted by molar-refractivity contribution is 5.93. The molecule has 0 N–H and O–H groups in total. The Balaban J connectivity index is 2.01. The predicted octanol–water partition coefficient (Wildman–Crippen LogP) is 6.51. The topological polar surface area (TPSA) is 44.8 Å². The molecule has 0 radical (unpaired) electrons. The van der Waals surface area contributed by atoms with Crippen LogP contribution in [0, 0.1) is 0 Å². The average molecular weight is 409 g/mol. The maximum atomic E-state index is 12.8. The highest BCUT2D eigenvalue weighted by Crippen LogP contribution is 2.26. The maximum absolute atomic E-state index is 12.8. The number of unbranched alkanes of at least 4 members (excludes halogenated alkanes) is 4. The molecule has 0 aliphatic rings. The molecular weight excluding hydrogens is 376 g/mol. The highest BCUT2D eigenvalue weighted by Gasteiger charge is 2.16. The maximum Gasteiger partial charge on any atom is 0.342 e. The van der Waals surface area contributed by atoms with E-state index >= 15 is 0 Å². The van der Waals surface area contributed by atoms with E-state index < -0.39 is 5.97 Å². The lowest BCUT2D eigenvalue weighted by atomic mass is 10.2. The molecule has 0 saturated heterocycles. The van der Waals surface area contributed by atoms with Crippen molar-refractivity contribution < 1.29 is 19.0 Å². The van der Waals surface area contributed by atoms with Gasteiger partial charge >= 0.3 is 5.97 Å². The van der Waals surface area contributed by atoms with Gasteiger partial charge in [0.05, 0.1) is 13.2 Å². The smallest absolute Gasteiger partial charge is 0.342 e. The zero-order valence-electron chi connectivity index (χ0n) is 17.7. The van der Waals surface area contributed by atoms with Crippen molar-refractivity contribution in [2.75, 3.05) is 13.2 Å². The molecule has 4 nitrogen and oxygen atoms in total. The fourth-order valence-corrected chi connectivity index (χ4v) is 2.84. The van der Waals surface area contributed by atoms with Crippen LogP contribution in [-0.2, 0) is 11.3 Å². The SMILES string of the molecule is C=CCCCCOc1ccc(OCCCCC=C)c(C(=O)OCc2ccccc2)c1. The number of allylic oxidation sites excluding steroid dienone is 2. The molecule has 0 saturated carbocycles. The molecule has 0 atom stereocenters. The summed E-state index contributed by atoms with van der Waals surface area (Å²) in [5.41, 5.74) is 1.32. The third-order valence-corrected chi connectivity index (χ3v) is 4.52. The first-order valence-electron chi connectivity index (χ1n) is 10.6. The fourth-order valence-electron chi connectivity index (χ4n) is 2.84. The van der Waals surface area contributed by atoms with Crippen LogP contribution in [0.25, 0.3) is 0 Å². The van der Waals surface area contributed by atoms with Crippen LogP contribution in [0.15, 0.2) is 73.8 Å². The van der Waals surface area contributed by atoms with Gasteiger partial charge in [-0.15, -0.1) is 13.2 Å². The first kappa shape index (κ1) is 23.3. The molecule has 2 rings (SSSR count). The van der Waals surface area contributed by atoms with Crippen molar-refractivity contribution in [1.82, 2.24) is 0 Å². The number of hydrogen-bond acceptors (Lipinski definition) is 4. The summed E-state index contributed by atoms with van der Waals surface area (Å²) in [4.78, 5) is 12.8. The fraction of sp³-hybridized carbons (Fsp3) is 0.346. The third-order valence-electron chi connectivity index (χ3n) is 4.52. The van der Waals surface area contributed by atoms with E-state index in [4.69, 9.17) is 14.2 Å². The Kier molecular flexibility index (Phi) is 10.9. The van der Waals surface area contributed by atoms with E-state index in [-0.39, 0.29) is 6.61 Å². The van der Waals surface area contributed by atoms with Crippen molar-refractivity contribution in [3.8, 4) is 11.5 Å². The standard InChI is InChI=1S/C26H32O4/c1-3-5-7-12-18-28-23-16-17-25(29-19-13-8-6-4-2)24(20-23)26(27)30-21-22-14-10-9-11-15-22/h3-4,9-11,14-17,20H,1-2,5-8,12-13,18-19,21H2. The Morgan fingerprint density at radius 1 is 0.833 bits per heavy atom. The van der Waals surface area contributed by atoms with E-state index in [2.05, 4.69) is 13.2 Å². The Labute approximate surface area is 180 Å². The van der Waals surface area contributed by atoms with Crippen LogP contribution in [0.3, 0.4) is 0 Å². The molecule has 0 spiro atoms. The number of carbonyl (C=O) groups is 1. The molecule has 0 amide bonds. The van der Waals surface area contributed by atoms with Crippen LogP contribution in [0.4, 0.5) is 0 Å². The van der Waals surface area contributed by atoms with Crippen LogP contribution >= 0.6 is 0 Å². The van der Waals surface area contributed by atoms with Gasteiger partial charge in [-0.05, 0) is 62.3 Å². The minimum Gasteiger partial charge on any atom is -0.494 e. The second-order valence-electron chi connectivity index (χ2n) is 6.99. The Bertz CT molecular complexity index is 783. The minimum absolute atomic E-state index is 0.213. The quantitative estimate of drug-likeness (QED) is 0.191. The van der Waals surface area contributed by atoms with Crippen LogP contribution in [0.1, 0.15) is 54.4 Å². The van der Waals surface area contributed by atoms with E-state index in [9.17, 15) is 4.79 Å². The monoisotopic (exact) mass is 408 g/mol. The normalized spacial score (nSPS) is 10.3. The molecule has 4 heteroatoms. The van der Waals surface area contributed by atoms with Gasteiger partial charge in [0, 0.05) is 0 Å². The lowest BCUT2D eigenvalue weighted by molar-refractivity contribution is 0.0467. The van der Waals surface area contributed by atoms with Gasteiger partial charge in [-0.2, -0.15) is 0 Å². The van der Waals surface area contributed by atoms with E-state index in [1.807, 2.05) is 48.6 Å². The highest BCUT2D eigenvalue weighted by atomic mass is 16.5. The molecule has 0 fully saturated rings. The molecule has 0 aromatic heterocycles. The van der Waals surface area contributed by atoms with Crippen LogP contribution in [0.5, 0.6) is 11.5 Å². The lowest BCUT2D eigenvalue weighted by Gasteiger charge is -2.14. The Morgan fingerprint density at radius 2 is 1.50 bits per heavy atom. The summed E-state index contributed by atoms with van der Waals surface area (Å²) in [5.74, 6) is 0.738. The largest absolute Gasteiger partial charge is 0.494 e. The number of hydrogen-bond donors (Lipinski definition) is 0. The first-order valence-corrected chi connectivity index (χ1v) is 10.6. The molecule has 0 bridgehead atoms. The van der Waals surface area contributed by atoms with E-state index in [1.54, 1.807) is 12.1 Å². The van der Waals surface area contributed by atoms with Gasteiger partial charge in [-0.1, -0.05) is 42.5 Å². The molecule has 0 aliphatic heterocycles. The van der Waals surface area contributed by atoms with Crippen LogP contribution in [0.2, 0.25) is 0 Å². The number of rotatable bonds is 15. The van der Waals surface area contributed by atoms with Gasteiger partial charge in [0.15, 0.2) is 0 Å². The zero-order chi connectivity index (χ0) is 21.4. The summed E-state index contributed by atoms with van der Waals surface area (Å²) in [5, 5.41) is 0. The van der Waals surface area contributed by atoms with E-state index in [0.717, 1.165) is 44.1 Å². The number of carbonyl (C=O) groups excluding carboxylic acids is 1. The van der Waals surface area contributed by atoms with Crippen molar-refractivity contribution in [1.29, 1.82) is 0 Å². The first-order chi connectivity index (χ1) is 14.7. The van der Waals surface area contributed by atoms with Crippen molar-refractivity contribution in [3.05, 3.63) is 85.0 Å². The molecule has 0 heterocycles. The summed E-state index contributed by atoms with van der Waals surface area (Å²) in [6, 6.07) is 14.9.